The van der Waals surface area contributed by atoms with Crippen LogP contribution in [0, 0.1) is 0 Å². The van der Waals surface area contributed by atoms with Crippen LogP contribution in [0.15, 0.2) is 41.3 Å². The second-order valence-electron chi connectivity index (χ2n) is 9.10. The topological polar surface area (TPSA) is 147 Å². The van der Waals surface area contributed by atoms with Crippen molar-refractivity contribution in [2.45, 2.75) is 50.2 Å². The highest BCUT2D eigenvalue weighted by Crippen LogP contribution is 2.29. The molecule has 1 aliphatic rings. The second-order valence-corrected chi connectivity index (χ2v) is 11.4. The minimum atomic E-state index is -4.28. The van der Waals surface area contributed by atoms with Crippen molar-refractivity contribution in [3.63, 3.8) is 0 Å². The van der Waals surface area contributed by atoms with Crippen LogP contribution in [-0.2, 0) is 24.4 Å². The van der Waals surface area contributed by atoms with E-state index >= 15 is 0 Å². The van der Waals surface area contributed by atoms with Crippen LogP contribution in [0.1, 0.15) is 27.2 Å². The zero-order chi connectivity index (χ0) is 26.8. The summed E-state index contributed by atoms with van der Waals surface area (Å²) >= 11 is 6.02. The van der Waals surface area contributed by atoms with Gasteiger partial charge in [-0.15, -0.1) is 0 Å². The molecule has 10 nitrogen and oxygen atoms in total. The van der Waals surface area contributed by atoms with Gasteiger partial charge in [-0.3, -0.25) is 14.4 Å². The molecule has 0 spiro atoms. The predicted molar refractivity (Wildman–Crippen MR) is 138 cm³/mol. The fraction of sp³-hybridized carbons (Fsp3) is 0.458. The van der Waals surface area contributed by atoms with Crippen molar-refractivity contribution in [2.75, 3.05) is 26.2 Å². The van der Waals surface area contributed by atoms with E-state index in [4.69, 9.17) is 23.1 Å². The molecule has 0 unspecified atom stereocenters. The summed E-state index contributed by atoms with van der Waals surface area (Å²) < 4.78 is 28.1. The van der Waals surface area contributed by atoms with Crippen LogP contribution in [0.3, 0.4) is 0 Å². The lowest BCUT2D eigenvalue weighted by Gasteiger charge is -2.33. The van der Waals surface area contributed by atoms with Crippen molar-refractivity contribution >= 4 is 50.1 Å². The molecule has 1 saturated heterocycles. The summed E-state index contributed by atoms with van der Waals surface area (Å²) in [6.07, 6.45) is 0.116. The molecule has 0 radical (unpaired) electrons. The van der Waals surface area contributed by atoms with Gasteiger partial charge in [-0.25, -0.2) is 8.42 Å². The molecule has 2 atom stereocenters. The molecule has 2 aromatic carbocycles. The van der Waals surface area contributed by atoms with Crippen LogP contribution >= 0.6 is 11.6 Å². The summed E-state index contributed by atoms with van der Waals surface area (Å²) in [5.74, 6) is -1.72. The Labute approximate surface area is 216 Å². The fourth-order valence-electron chi connectivity index (χ4n) is 4.48. The van der Waals surface area contributed by atoms with Gasteiger partial charge >= 0.3 is 0 Å². The minimum absolute atomic E-state index is 0.0807. The highest BCUT2D eigenvalue weighted by molar-refractivity contribution is 7.89. The quantitative estimate of drug-likeness (QED) is 0.464. The third-order valence-electron chi connectivity index (χ3n) is 6.35. The number of rotatable bonds is 10. The first-order chi connectivity index (χ1) is 16.9. The van der Waals surface area contributed by atoms with Crippen LogP contribution in [-0.4, -0.2) is 84.5 Å². The van der Waals surface area contributed by atoms with Gasteiger partial charge in [0.05, 0.1) is 11.4 Å². The fourth-order valence-corrected chi connectivity index (χ4v) is 6.28. The molecule has 0 aliphatic carbocycles. The average molecular weight is 538 g/mol. The maximum absolute atomic E-state index is 13.6. The number of benzene rings is 2. The van der Waals surface area contributed by atoms with Gasteiger partial charge in [0.15, 0.2) is 0 Å². The molecule has 0 bridgehead atoms. The van der Waals surface area contributed by atoms with Crippen molar-refractivity contribution in [3.05, 3.63) is 41.4 Å². The first-order valence-corrected chi connectivity index (χ1v) is 13.5. The number of primary amides is 1. The van der Waals surface area contributed by atoms with E-state index in [1.165, 1.54) is 17.0 Å². The number of hydrogen-bond donors (Lipinski definition) is 2. The Morgan fingerprint density at radius 3 is 2.39 bits per heavy atom. The highest BCUT2D eigenvalue weighted by atomic mass is 35.5. The Hall–Kier alpha value is -2.73. The number of likely N-dealkylation sites (tertiary alicyclic amines) is 1. The number of carbonyl (C=O) groups is 3. The third kappa shape index (κ3) is 5.64. The van der Waals surface area contributed by atoms with Crippen LogP contribution in [0.25, 0.3) is 10.8 Å². The Morgan fingerprint density at radius 1 is 1.14 bits per heavy atom. The number of sulfonamides is 1. The molecule has 3 rings (SSSR count). The molecule has 4 N–H and O–H groups in total. The van der Waals surface area contributed by atoms with Gasteiger partial charge in [0.1, 0.15) is 12.1 Å². The van der Waals surface area contributed by atoms with E-state index in [1.54, 1.807) is 36.1 Å². The normalized spacial score (nSPS) is 17.2. The van der Waals surface area contributed by atoms with Crippen molar-refractivity contribution in [2.24, 2.45) is 11.5 Å². The van der Waals surface area contributed by atoms with E-state index in [9.17, 15) is 22.8 Å². The number of hydrogen-bond acceptors (Lipinski definition) is 6. The third-order valence-corrected chi connectivity index (χ3v) is 8.44. The molecule has 1 fully saturated rings. The summed E-state index contributed by atoms with van der Waals surface area (Å²) in [7, 11) is -4.28. The van der Waals surface area contributed by atoms with Gasteiger partial charge in [0.2, 0.25) is 27.7 Å². The molecule has 3 amide bonds. The van der Waals surface area contributed by atoms with E-state index in [0.29, 0.717) is 17.0 Å². The van der Waals surface area contributed by atoms with E-state index in [-0.39, 0.29) is 36.4 Å². The number of fused-ring (bicyclic) bond motifs is 1. The smallest absolute Gasteiger partial charge is 0.245 e. The number of carbonyl (C=O) groups excluding carboxylic acids is 3. The molecule has 2 aromatic rings. The SMILES string of the molecule is CC(C)N(CCN)C(=O)[C@H](C)N1CC[C@H](N(CC(N)=O)S(=O)(=O)c2ccc3cc(Cl)ccc3c2)C1=O. The van der Waals surface area contributed by atoms with Crippen LogP contribution < -0.4 is 11.5 Å². The maximum Gasteiger partial charge on any atom is 0.245 e. The predicted octanol–water partition coefficient (Wildman–Crippen LogP) is 1.15. The monoisotopic (exact) mass is 537 g/mol. The van der Waals surface area contributed by atoms with Gasteiger partial charge in [0, 0.05) is 30.7 Å². The Kier molecular flexibility index (Phi) is 8.60. The first kappa shape index (κ1) is 27.9. The molecule has 1 aliphatic heterocycles. The van der Waals surface area contributed by atoms with Gasteiger partial charge in [-0.2, -0.15) is 4.31 Å². The van der Waals surface area contributed by atoms with Crippen LogP contribution in [0.4, 0.5) is 0 Å². The summed E-state index contributed by atoms with van der Waals surface area (Å²) in [5.41, 5.74) is 11.0. The zero-order valence-electron chi connectivity index (χ0n) is 20.6. The van der Waals surface area contributed by atoms with E-state index in [2.05, 4.69) is 0 Å². The summed E-state index contributed by atoms with van der Waals surface area (Å²) in [6, 6.07) is 7.40. The lowest BCUT2D eigenvalue weighted by molar-refractivity contribution is -0.145. The van der Waals surface area contributed by atoms with Crippen molar-refractivity contribution < 1.29 is 22.8 Å². The van der Waals surface area contributed by atoms with Crippen molar-refractivity contribution in [3.8, 4) is 0 Å². The molecular formula is C24H32ClN5O5S. The number of amides is 3. The van der Waals surface area contributed by atoms with Gasteiger partial charge in [-0.1, -0.05) is 23.7 Å². The van der Waals surface area contributed by atoms with E-state index in [0.717, 1.165) is 9.69 Å². The van der Waals surface area contributed by atoms with E-state index in [1.807, 2.05) is 13.8 Å². The molecule has 0 saturated carbocycles. The van der Waals surface area contributed by atoms with Crippen molar-refractivity contribution in [1.29, 1.82) is 0 Å². The Balaban J connectivity index is 1.92. The summed E-state index contributed by atoms with van der Waals surface area (Å²) in [5, 5.41) is 1.88. The van der Waals surface area contributed by atoms with Crippen molar-refractivity contribution in [1.82, 2.24) is 14.1 Å². The molecule has 196 valence electrons. The van der Waals surface area contributed by atoms with Gasteiger partial charge < -0.3 is 21.3 Å². The molecule has 36 heavy (non-hydrogen) atoms. The van der Waals surface area contributed by atoms with Crippen LogP contribution in [0.5, 0.6) is 0 Å². The molecule has 0 aromatic heterocycles. The largest absolute Gasteiger partial charge is 0.369 e. The standard InChI is InChI=1S/C24H32ClN5O5S/c1-15(2)28(11-9-26)23(32)16(3)29-10-8-21(24(29)33)30(14-22(27)31)36(34,35)20-7-5-17-12-19(25)6-4-18(17)13-20/h4-7,12-13,15-16,21H,8-11,14,26H2,1-3H3,(H2,27,31)/t16-,21-/m0/s1. The lowest BCUT2D eigenvalue weighted by Crippen LogP contribution is -2.54. The zero-order valence-corrected chi connectivity index (χ0v) is 22.1. The molecular weight excluding hydrogens is 506 g/mol. The summed E-state index contributed by atoms with van der Waals surface area (Å²) in [4.78, 5) is 41.2. The first-order valence-electron chi connectivity index (χ1n) is 11.7. The number of nitrogens with zero attached hydrogens (tertiary/aromatic N) is 3. The van der Waals surface area contributed by atoms with Crippen LogP contribution in [0.2, 0.25) is 5.02 Å². The minimum Gasteiger partial charge on any atom is -0.369 e. The van der Waals surface area contributed by atoms with E-state index < -0.39 is 40.5 Å². The lowest BCUT2D eigenvalue weighted by atomic mass is 10.1. The highest BCUT2D eigenvalue weighted by Gasteiger charge is 2.45. The number of halogens is 1. The van der Waals surface area contributed by atoms with Gasteiger partial charge in [0.25, 0.3) is 0 Å². The molecule has 1 heterocycles. The summed E-state index contributed by atoms with van der Waals surface area (Å²) in [6.45, 7) is 5.42. The number of nitrogens with two attached hydrogens (primary N) is 2. The van der Waals surface area contributed by atoms with Gasteiger partial charge in [-0.05, 0) is 62.2 Å². The Bertz CT molecular complexity index is 1270. The maximum atomic E-state index is 13.6. The molecule has 12 heteroatoms. The second kappa shape index (κ2) is 11.1. The average Bonchev–Trinajstić information content (AvgIpc) is 3.19. The Morgan fingerprint density at radius 2 is 1.78 bits per heavy atom.